The molecule has 1 aliphatic carbocycles. The quantitative estimate of drug-likeness (QED) is 0.0589. The van der Waals surface area contributed by atoms with Gasteiger partial charge in [0.05, 0.1) is 45.4 Å². The van der Waals surface area contributed by atoms with E-state index in [0.29, 0.717) is 69.4 Å². The van der Waals surface area contributed by atoms with Crippen molar-refractivity contribution in [2.24, 2.45) is 4.99 Å². The Kier molecular flexibility index (Phi) is 16.1. The van der Waals surface area contributed by atoms with Gasteiger partial charge in [-0.1, -0.05) is 66.2 Å². The van der Waals surface area contributed by atoms with Crippen molar-refractivity contribution in [2.45, 2.75) is 66.3 Å². The molecule has 0 amide bonds. The van der Waals surface area contributed by atoms with Gasteiger partial charge in [0.15, 0.2) is 5.82 Å². The van der Waals surface area contributed by atoms with E-state index in [0.717, 1.165) is 63.1 Å². The van der Waals surface area contributed by atoms with Crippen molar-refractivity contribution in [3.05, 3.63) is 151 Å². The normalized spacial score (nSPS) is 14.0. The molecular formula is C51H57ClN6O5S2. The van der Waals surface area contributed by atoms with Gasteiger partial charge in [-0.3, -0.25) is 14.4 Å². The van der Waals surface area contributed by atoms with Gasteiger partial charge >= 0.3 is 0 Å². The number of aliphatic imine (C=N–C) groups is 1. The Hall–Kier alpha value is -5.15. The zero-order valence-corrected chi connectivity index (χ0v) is 40.3. The summed E-state index contributed by atoms with van der Waals surface area (Å²) >= 11 is 7.95. The summed E-state index contributed by atoms with van der Waals surface area (Å²) in [6.45, 7) is 18.5. The fraction of sp³-hybridized carbons (Fsp3) is 0.353. The molecule has 14 heteroatoms. The van der Waals surface area contributed by atoms with Crippen LogP contribution in [0.2, 0.25) is 5.02 Å². The highest BCUT2D eigenvalue weighted by Crippen LogP contribution is 2.40. The van der Waals surface area contributed by atoms with Gasteiger partial charge in [0.1, 0.15) is 40.8 Å². The van der Waals surface area contributed by atoms with Crippen molar-refractivity contribution in [1.29, 1.82) is 0 Å². The van der Waals surface area contributed by atoms with Crippen LogP contribution in [0.15, 0.2) is 89.9 Å². The molecule has 11 nitrogen and oxygen atoms in total. The Labute approximate surface area is 397 Å². The van der Waals surface area contributed by atoms with Crippen LogP contribution in [-0.2, 0) is 38.3 Å². The van der Waals surface area contributed by atoms with Crippen LogP contribution in [0.4, 0.5) is 5.82 Å². The van der Waals surface area contributed by atoms with Crippen LogP contribution in [0, 0.1) is 34.6 Å². The van der Waals surface area contributed by atoms with Crippen molar-refractivity contribution in [3.63, 3.8) is 0 Å². The van der Waals surface area contributed by atoms with Crippen LogP contribution in [0.25, 0.3) is 16.1 Å². The largest absolute Gasteiger partial charge is 0.491 e. The first kappa shape index (κ1) is 47.8. The topological polar surface area (TPSA) is 122 Å². The molecular weight excluding hydrogens is 876 g/mol. The average Bonchev–Trinajstić information content (AvgIpc) is 3.91. The van der Waals surface area contributed by atoms with Crippen molar-refractivity contribution in [3.8, 4) is 21.9 Å². The number of halogens is 1. The Morgan fingerprint density at radius 2 is 1.49 bits per heavy atom. The van der Waals surface area contributed by atoms with Crippen LogP contribution in [0.1, 0.15) is 73.6 Å². The van der Waals surface area contributed by atoms with E-state index in [4.69, 9.17) is 40.5 Å². The van der Waals surface area contributed by atoms with E-state index in [1.165, 1.54) is 38.3 Å². The van der Waals surface area contributed by atoms with Gasteiger partial charge in [-0.05, 0) is 111 Å². The molecule has 3 aromatic heterocycles. The molecule has 0 unspecified atom stereocenters. The Balaban J connectivity index is 0.00000630. The summed E-state index contributed by atoms with van der Waals surface area (Å²) in [7, 11) is 0. The number of carbonyl (C=O) groups is 1. The number of fused-ring (bicyclic) bond motifs is 4. The molecule has 0 bridgehead atoms. The summed E-state index contributed by atoms with van der Waals surface area (Å²) in [4.78, 5) is 24.9. The van der Waals surface area contributed by atoms with E-state index < -0.39 is 6.04 Å². The second-order valence-corrected chi connectivity index (χ2v) is 18.1. The number of allylic oxidation sites excluding steroid dienone is 1. The fourth-order valence-electron chi connectivity index (χ4n) is 8.44. The number of anilines is 1. The lowest BCUT2D eigenvalue weighted by Crippen LogP contribution is -2.15. The number of ketones is 1. The minimum absolute atomic E-state index is 0. The fourth-order valence-corrected chi connectivity index (χ4v) is 9.78. The maximum Gasteiger partial charge on any atom is 0.163 e. The van der Waals surface area contributed by atoms with Gasteiger partial charge in [0, 0.05) is 51.7 Å². The molecule has 3 aromatic carbocycles. The minimum Gasteiger partial charge on any atom is -0.491 e. The zero-order valence-electron chi connectivity index (χ0n) is 37.8. The van der Waals surface area contributed by atoms with Crippen LogP contribution in [0.5, 0.6) is 5.75 Å². The van der Waals surface area contributed by atoms with Gasteiger partial charge in [-0.15, -0.1) is 21.5 Å². The predicted octanol–water partition coefficient (Wildman–Crippen LogP) is 9.99. The molecule has 0 saturated heterocycles. The molecule has 1 aliphatic heterocycles. The second kappa shape index (κ2) is 21.9. The first-order chi connectivity index (χ1) is 31.0. The molecule has 0 radical (unpaired) electrons. The van der Waals surface area contributed by atoms with Crippen LogP contribution in [-0.4, -0.2) is 84.0 Å². The highest BCUT2D eigenvalue weighted by molar-refractivity contribution is 7.59. The SMILES string of the molecule is C=C1Cc2ccc(-c3c(C)cc(NCCOCCOCCOCCOc4ccc(CC(=O)C[C@@H]5N=C(c6ccc(Cl)cc6)c6c(sc(C)c6C)-n6c(C)nnc65)cc4)nc3C)cc2C1.S. The number of nitrogens with one attached hydrogen (secondary N) is 1. The number of carbonyl (C=O) groups excluding carboxylic acids is 1. The van der Waals surface area contributed by atoms with E-state index in [-0.39, 0.29) is 32.1 Å². The maximum absolute atomic E-state index is 13.6. The number of pyridine rings is 1. The number of hydrogen-bond acceptors (Lipinski definition) is 11. The Morgan fingerprint density at radius 1 is 0.815 bits per heavy atom. The zero-order chi connectivity index (χ0) is 44.7. The van der Waals surface area contributed by atoms with Gasteiger partial charge in [-0.25, -0.2) is 4.98 Å². The number of aromatic nitrogens is 4. The summed E-state index contributed by atoms with van der Waals surface area (Å²) in [6, 6.07) is 23.7. The number of benzene rings is 3. The number of Topliss-reactive ketones (excluding diaryl/α,β-unsaturated/α-hetero) is 1. The molecule has 65 heavy (non-hydrogen) atoms. The molecule has 0 fully saturated rings. The number of thiophene rings is 1. The van der Waals surface area contributed by atoms with Crippen LogP contribution < -0.4 is 10.1 Å². The summed E-state index contributed by atoms with van der Waals surface area (Å²) in [6.07, 6.45) is 2.40. The van der Waals surface area contributed by atoms with Crippen LogP contribution in [0.3, 0.4) is 0 Å². The molecule has 340 valence electrons. The third-order valence-electron chi connectivity index (χ3n) is 11.7. The summed E-state index contributed by atoms with van der Waals surface area (Å²) in [5.41, 5.74) is 13.5. The first-order valence-electron chi connectivity index (χ1n) is 21.9. The highest BCUT2D eigenvalue weighted by Gasteiger charge is 2.32. The van der Waals surface area contributed by atoms with Gasteiger partial charge in [0.2, 0.25) is 0 Å². The van der Waals surface area contributed by atoms with Gasteiger partial charge in [-0.2, -0.15) is 13.5 Å². The lowest BCUT2D eigenvalue weighted by Gasteiger charge is -2.14. The molecule has 1 atom stereocenters. The van der Waals surface area contributed by atoms with Crippen molar-refractivity contribution >= 4 is 53.7 Å². The molecule has 2 aliphatic rings. The van der Waals surface area contributed by atoms with Gasteiger partial charge < -0.3 is 24.3 Å². The number of rotatable bonds is 20. The smallest absolute Gasteiger partial charge is 0.163 e. The van der Waals surface area contributed by atoms with Crippen LogP contribution >= 0.6 is 36.4 Å². The van der Waals surface area contributed by atoms with Crippen molar-refractivity contribution < 1.29 is 23.7 Å². The molecule has 1 N–H and O–H groups in total. The van der Waals surface area contributed by atoms with E-state index >= 15 is 0 Å². The molecule has 6 aromatic rings. The highest BCUT2D eigenvalue weighted by atomic mass is 35.5. The number of aryl methyl sites for hydroxylation is 4. The van der Waals surface area contributed by atoms with E-state index in [1.54, 1.807) is 11.3 Å². The molecule has 4 heterocycles. The first-order valence-corrected chi connectivity index (χ1v) is 23.1. The maximum atomic E-state index is 13.6. The minimum atomic E-state index is -0.502. The summed E-state index contributed by atoms with van der Waals surface area (Å²) < 4.78 is 25.1. The van der Waals surface area contributed by atoms with E-state index in [1.807, 2.05) is 55.5 Å². The Bertz CT molecular complexity index is 2650. The standard InChI is InChI=1S/C51H55ClN6O5S.H2S/c1-31-25-39-9-10-40(29-41(39)26-31)47-32(2)27-46(54-34(47)4)53-17-18-60-19-20-61-21-22-62-23-24-63-44-15-7-37(8-16-44)28-43(59)30-45-50-57-56-36(6)58(50)51-48(33(3)35(5)64-51)49(55-45)38-11-13-42(52)14-12-38;/h7-16,27,29,45H,1,17-26,28,30H2,2-6H3,(H,53,54);1H2/t45-;/m0./s1. The monoisotopic (exact) mass is 932 g/mol. The van der Waals surface area contributed by atoms with E-state index in [9.17, 15) is 4.79 Å². The Morgan fingerprint density at radius 3 is 2.22 bits per heavy atom. The summed E-state index contributed by atoms with van der Waals surface area (Å²) in [5.74, 6) is 3.05. The third-order valence-corrected chi connectivity index (χ3v) is 13.1. The number of ether oxygens (including phenoxy) is 4. The number of hydrogen-bond donors (Lipinski definition) is 1. The molecule has 0 saturated carbocycles. The molecule has 8 rings (SSSR count). The lowest BCUT2D eigenvalue weighted by atomic mass is 9.96. The number of nitrogens with zero attached hydrogens (tertiary/aromatic N) is 5. The lowest BCUT2D eigenvalue weighted by molar-refractivity contribution is -0.118. The average molecular weight is 934 g/mol. The predicted molar refractivity (Wildman–Crippen MR) is 266 cm³/mol. The third kappa shape index (κ3) is 11.5. The van der Waals surface area contributed by atoms with Gasteiger partial charge in [0.25, 0.3) is 0 Å². The second-order valence-electron chi connectivity index (χ2n) is 16.5. The van der Waals surface area contributed by atoms with Crippen molar-refractivity contribution in [1.82, 2.24) is 19.7 Å². The molecule has 0 spiro atoms. The summed E-state index contributed by atoms with van der Waals surface area (Å²) in [5, 5.41) is 14.0. The van der Waals surface area contributed by atoms with Crippen molar-refractivity contribution in [2.75, 3.05) is 58.1 Å². The van der Waals surface area contributed by atoms with E-state index in [2.05, 4.69) is 78.6 Å².